The molecule has 1 N–H and O–H groups in total. The van der Waals surface area contributed by atoms with Gasteiger partial charge in [0, 0.05) is 12.1 Å². The molecule has 1 aliphatic rings. The molecule has 0 bridgehead atoms. The first kappa shape index (κ1) is 17.9. The van der Waals surface area contributed by atoms with Crippen LogP contribution in [0.2, 0.25) is 0 Å². The second-order valence-electron chi connectivity index (χ2n) is 6.14. The van der Waals surface area contributed by atoms with E-state index in [1.165, 1.54) is 0 Å². The molecular formula is C16H19N3O4S2. The second kappa shape index (κ2) is 7.57. The summed E-state index contributed by atoms with van der Waals surface area (Å²) in [7, 11) is -2.91. The predicted octanol–water partition coefficient (Wildman–Crippen LogP) is 2.09. The normalized spacial score (nSPS) is 19.0. The van der Waals surface area contributed by atoms with E-state index in [2.05, 4.69) is 15.5 Å². The molecule has 1 aromatic heterocycles. The van der Waals surface area contributed by atoms with E-state index in [9.17, 15) is 13.2 Å². The lowest BCUT2D eigenvalue weighted by molar-refractivity contribution is -0.113. The van der Waals surface area contributed by atoms with Gasteiger partial charge in [0.15, 0.2) is 9.84 Å². The highest BCUT2D eigenvalue weighted by atomic mass is 32.2. The summed E-state index contributed by atoms with van der Waals surface area (Å²) < 4.78 is 28.4. The summed E-state index contributed by atoms with van der Waals surface area (Å²) in [6.45, 7) is 1.96. The van der Waals surface area contributed by atoms with Crippen LogP contribution in [0.3, 0.4) is 0 Å². The average Bonchev–Trinajstić information content (AvgIpc) is 3.12. The summed E-state index contributed by atoms with van der Waals surface area (Å²) in [6.07, 6.45) is 1.09. The lowest BCUT2D eigenvalue weighted by atomic mass is 10.1. The highest BCUT2D eigenvalue weighted by Crippen LogP contribution is 2.24. The monoisotopic (exact) mass is 381 g/mol. The Labute approximate surface area is 150 Å². The minimum absolute atomic E-state index is 0.0351. The SMILES string of the molecule is Cc1cccc(NC(=O)CSc2nnc(C[C@@H]3CCS(=O)(=O)C3)o2)c1. The van der Waals surface area contributed by atoms with Crippen LogP contribution in [-0.4, -0.2) is 41.8 Å². The van der Waals surface area contributed by atoms with Crippen molar-refractivity contribution in [2.45, 2.75) is 25.0 Å². The molecule has 1 saturated heterocycles. The number of hydrogen-bond acceptors (Lipinski definition) is 7. The first-order valence-electron chi connectivity index (χ1n) is 7.92. The van der Waals surface area contributed by atoms with Crippen molar-refractivity contribution < 1.29 is 17.6 Å². The molecule has 0 spiro atoms. The van der Waals surface area contributed by atoms with E-state index >= 15 is 0 Å². The third-order valence-electron chi connectivity index (χ3n) is 3.87. The maximum Gasteiger partial charge on any atom is 0.277 e. The Kier molecular flexibility index (Phi) is 5.43. The van der Waals surface area contributed by atoms with Crippen molar-refractivity contribution in [3.05, 3.63) is 35.7 Å². The van der Waals surface area contributed by atoms with Gasteiger partial charge in [0.25, 0.3) is 5.22 Å². The zero-order chi connectivity index (χ0) is 17.9. The first-order chi connectivity index (χ1) is 11.9. The number of anilines is 1. The van der Waals surface area contributed by atoms with Crippen molar-refractivity contribution >= 4 is 33.2 Å². The van der Waals surface area contributed by atoms with Crippen molar-refractivity contribution in [1.29, 1.82) is 0 Å². The number of carbonyl (C=O) groups is 1. The standard InChI is InChI=1S/C16H19N3O4S2/c1-11-3-2-4-13(7-11)17-14(20)9-24-16-19-18-15(23-16)8-12-5-6-25(21,22)10-12/h2-4,7,12H,5-6,8-10H2,1H3,(H,17,20)/t12-/m0/s1. The number of nitrogens with zero attached hydrogens (tertiary/aromatic N) is 2. The van der Waals surface area contributed by atoms with Gasteiger partial charge in [0.05, 0.1) is 17.3 Å². The number of aromatic nitrogens is 2. The largest absolute Gasteiger partial charge is 0.416 e. The molecule has 134 valence electrons. The van der Waals surface area contributed by atoms with Gasteiger partial charge in [-0.15, -0.1) is 10.2 Å². The second-order valence-corrected chi connectivity index (χ2v) is 9.30. The van der Waals surface area contributed by atoms with Crippen LogP contribution in [0.5, 0.6) is 0 Å². The number of hydrogen-bond donors (Lipinski definition) is 1. The Morgan fingerprint density at radius 1 is 1.40 bits per heavy atom. The third kappa shape index (κ3) is 5.30. The lowest BCUT2D eigenvalue weighted by Crippen LogP contribution is -2.13. The Morgan fingerprint density at radius 3 is 2.96 bits per heavy atom. The highest BCUT2D eigenvalue weighted by Gasteiger charge is 2.29. The molecule has 0 aliphatic carbocycles. The minimum Gasteiger partial charge on any atom is -0.416 e. The van der Waals surface area contributed by atoms with Gasteiger partial charge in [-0.2, -0.15) is 0 Å². The van der Waals surface area contributed by atoms with E-state index in [0.717, 1.165) is 23.0 Å². The quantitative estimate of drug-likeness (QED) is 0.764. The molecule has 1 aromatic carbocycles. The Bertz CT molecular complexity index is 864. The summed E-state index contributed by atoms with van der Waals surface area (Å²) in [5.41, 5.74) is 1.82. The van der Waals surface area contributed by atoms with Crippen molar-refractivity contribution in [3.63, 3.8) is 0 Å². The van der Waals surface area contributed by atoms with Crippen LogP contribution in [0.4, 0.5) is 5.69 Å². The Morgan fingerprint density at radius 2 is 2.24 bits per heavy atom. The van der Waals surface area contributed by atoms with E-state index in [-0.39, 0.29) is 29.1 Å². The van der Waals surface area contributed by atoms with Crippen LogP contribution in [-0.2, 0) is 21.1 Å². The molecule has 2 aromatic rings. The van der Waals surface area contributed by atoms with Gasteiger partial charge >= 0.3 is 0 Å². The summed E-state index contributed by atoms with van der Waals surface area (Å²) in [5, 5.41) is 11.0. The molecule has 1 aliphatic heterocycles. The fourth-order valence-corrected chi connectivity index (χ4v) is 5.15. The van der Waals surface area contributed by atoms with E-state index in [1.54, 1.807) is 0 Å². The molecule has 1 amide bonds. The van der Waals surface area contributed by atoms with Crippen LogP contribution in [0.15, 0.2) is 33.9 Å². The first-order valence-corrected chi connectivity index (χ1v) is 10.7. The lowest BCUT2D eigenvalue weighted by Gasteiger charge is -2.04. The maximum absolute atomic E-state index is 12.0. The zero-order valence-electron chi connectivity index (χ0n) is 13.8. The van der Waals surface area contributed by atoms with E-state index in [0.29, 0.717) is 24.0 Å². The predicted molar refractivity (Wildman–Crippen MR) is 95.3 cm³/mol. The Hall–Kier alpha value is -1.87. The van der Waals surface area contributed by atoms with Crippen molar-refractivity contribution in [1.82, 2.24) is 10.2 Å². The van der Waals surface area contributed by atoms with E-state index in [1.807, 2.05) is 31.2 Å². The molecule has 0 unspecified atom stereocenters. The highest BCUT2D eigenvalue weighted by molar-refractivity contribution is 7.99. The van der Waals surface area contributed by atoms with E-state index < -0.39 is 9.84 Å². The fourth-order valence-electron chi connectivity index (χ4n) is 2.71. The number of sulfone groups is 1. The maximum atomic E-state index is 12.0. The number of benzene rings is 1. The van der Waals surface area contributed by atoms with Crippen molar-refractivity contribution in [3.8, 4) is 0 Å². The van der Waals surface area contributed by atoms with Gasteiger partial charge in [0.2, 0.25) is 11.8 Å². The molecule has 0 saturated carbocycles. The number of rotatable bonds is 6. The number of amides is 1. The molecule has 7 nitrogen and oxygen atoms in total. The van der Waals surface area contributed by atoms with Gasteiger partial charge in [-0.1, -0.05) is 23.9 Å². The summed E-state index contributed by atoms with van der Waals surface area (Å²) in [5.74, 6) is 0.866. The molecular weight excluding hydrogens is 362 g/mol. The van der Waals surface area contributed by atoms with Crippen LogP contribution in [0.25, 0.3) is 0 Å². The summed E-state index contributed by atoms with van der Waals surface area (Å²) >= 11 is 1.16. The van der Waals surface area contributed by atoms with Gasteiger partial charge in [0.1, 0.15) is 0 Å². The van der Waals surface area contributed by atoms with Crippen molar-refractivity contribution in [2.24, 2.45) is 5.92 Å². The molecule has 9 heteroatoms. The molecule has 2 heterocycles. The number of thioether (sulfide) groups is 1. The smallest absolute Gasteiger partial charge is 0.277 e. The number of aryl methyl sites for hydroxylation is 1. The van der Waals surface area contributed by atoms with E-state index in [4.69, 9.17) is 4.42 Å². The molecule has 0 radical (unpaired) electrons. The number of nitrogens with one attached hydrogen (secondary N) is 1. The fraction of sp³-hybridized carbons (Fsp3) is 0.438. The molecule has 3 rings (SSSR count). The van der Waals surface area contributed by atoms with Gasteiger partial charge in [-0.3, -0.25) is 4.79 Å². The van der Waals surface area contributed by atoms with Gasteiger partial charge in [-0.05, 0) is 37.0 Å². The molecule has 25 heavy (non-hydrogen) atoms. The van der Waals surface area contributed by atoms with Crippen molar-refractivity contribution in [2.75, 3.05) is 22.6 Å². The third-order valence-corrected chi connectivity index (χ3v) is 6.52. The number of carbonyl (C=O) groups excluding carboxylic acids is 1. The van der Waals surface area contributed by atoms with Gasteiger partial charge in [-0.25, -0.2) is 8.42 Å². The summed E-state index contributed by atoms with van der Waals surface area (Å²) in [4.78, 5) is 12.0. The van der Waals surface area contributed by atoms with Gasteiger partial charge < -0.3 is 9.73 Å². The van der Waals surface area contributed by atoms with Crippen LogP contribution in [0, 0.1) is 12.8 Å². The Balaban J connectivity index is 1.47. The molecule has 1 atom stereocenters. The topological polar surface area (TPSA) is 102 Å². The minimum atomic E-state index is -2.91. The van der Waals surface area contributed by atoms with Crippen LogP contribution < -0.4 is 5.32 Å². The summed E-state index contributed by atoms with van der Waals surface area (Å²) in [6, 6.07) is 7.56. The average molecular weight is 381 g/mol. The zero-order valence-corrected chi connectivity index (χ0v) is 15.4. The van der Waals surface area contributed by atoms with Crippen LogP contribution >= 0.6 is 11.8 Å². The molecule has 1 fully saturated rings. The van der Waals surface area contributed by atoms with Crippen LogP contribution in [0.1, 0.15) is 17.9 Å².